The second kappa shape index (κ2) is 4.41. The lowest BCUT2D eigenvalue weighted by Gasteiger charge is -2.00. The van der Waals surface area contributed by atoms with Crippen LogP contribution in [0.4, 0.5) is 11.5 Å². The van der Waals surface area contributed by atoms with Crippen LogP contribution in [-0.4, -0.2) is 9.91 Å². The van der Waals surface area contributed by atoms with Crippen LogP contribution in [0.25, 0.3) is 16.0 Å². The summed E-state index contributed by atoms with van der Waals surface area (Å²) in [6.07, 6.45) is 1.47. The van der Waals surface area contributed by atoms with E-state index >= 15 is 0 Å². The van der Waals surface area contributed by atoms with Crippen LogP contribution in [0.3, 0.4) is 0 Å². The summed E-state index contributed by atoms with van der Waals surface area (Å²) < 4.78 is 0. The third-order valence-electron chi connectivity index (χ3n) is 2.26. The topological polar surface area (TPSA) is 60.4 Å². The van der Waals surface area contributed by atoms with Gasteiger partial charge in [-0.1, -0.05) is 36.9 Å². The number of hydrogen-bond donors (Lipinski definition) is 0. The predicted octanol–water partition coefficient (Wildman–Crippen LogP) is 3.21. The Morgan fingerprint density at radius 2 is 1.94 bits per heavy atom. The zero-order chi connectivity index (χ0) is 12.3. The van der Waals surface area contributed by atoms with Crippen molar-refractivity contribution in [2.24, 2.45) is 0 Å². The molecule has 0 saturated carbocycles. The van der Waals surface area contributed by atoms with Crippen molar-refractivity contribution in [2.45, 2.75) is 0 Å². The Morgan fingerprint density at radius 1 is 1.24 bits per heavy atom. The summed E-state index contributed by atoms with van der Waals surface area (Å²) in [6.45, 7) is 6.81. The molecule has 0 N–H and O–H groups in total. The summed E-state index contributed by atoms with van der Waals surface area (Å²) in [5.41, 5.74) is 1.20. The van der Waals surface area contributed by atoms with Crippen LogP contribution in [0, 0.1) is 16.7 Å². The van der Waals surface area contributed by atoms with Gasteiger partial charge in [-0.05, 0) is 5.56 Å². The van der Waals surface area contributed by atoms with Crippen LogP contribution in [0.1, 0.15) is 0 Å². The lowest BCUT2D eigenvalue weighted by Crippen LogP contribution is -1.91. The zero-order valence-electron chi connectivity index (χ0n) is 8.70. The van der Waals surface area contributed by atoms with Crippen molar-refractivity contribution in [1.82, 2.24) is 4.98 Å². The Labute approximate surface area is 97.3 Å². The van der Waals surface area contributed by atoms with Crippen molar-refractivity contribution in [3.63, 3.8) is 0 Å². The molecule has 0 amide bonds. The van der Waals surface area contributed by atoms with Gasteiger partial charge in [-0.15, -0.1) is 4.98 Å². The molecule has 0 saturated heterocycles. The van der Waals surface area contributed by atoms with E-state index in [0.717, 1.165) is 5.56 Å². The summed E-state index contributed by atoms with van der Waals surface area (Å²) in [5, 5.41) is 10.8. The fraction of sp³-hybridized carbons (Fsp3) is 0. The van der Waals surface area contributed by atoms with Gasteiger partial charge in [0.15, 0.2) is 0 Å². The standard InChI is InChI=1S/C12H7N3O2/c1-13-12-11(15(16)17)7-10(8-14-12)9-5-3-2-4-6-9/h2-8H. The molecule has 0 fully saturated rings. The Bertz CT molecular complexity index is 603. The summed E-state index contributed by atoms with van der Waals surface area (Å²) in [5.74, 6) is -0.185. The van der Waals surface area contributed by atoms with Crippen molar-refractivity contribution in [2.75, 3.05) is 0 Å². The molecule has 0 spiro atoms. The first-order valence-corrected chi connectivity index (χ1v) is 4.79. The van der Waals surface area contributed by atoms with Crippen LogP contribution in [0.15, 0.2) is 42.6 Å². The van der Waals surface area contributed by atoms with Crippen molar-refractivity contribution in [3.8, 4) is 11.1 Å². The molecule has 17 heavy (non-hydrogen) atoms. The smallest absolute Gasteiger partial charge is 0.348 e. The van der Waals surface area contributed by atoms with Crippen molar-refractivity contribution < 1.29 is 4.92 Å². The third kappa shape index (κ3) is 2.11. The minimum absolute atomic E-state index is 0.185. The average molecular weight is 225 g/mol. The van der Waals surface area contributed by atoms with E-state index < -0.39 is 4.92 Å². The monoisotopic (exact) mass is 225 g/mol. The van der Waals surface area contributed by atoms with E-state index in [0.29, 0.717) is 5.56 Å². The van der Waals surface area contributed by atoms with E-state index in [2.05, 4.69) is 9.83 Å². The molecular formula is C12H7N3O2. The molecule has 0 atom stereocenters. The van der Waals surface area contributed by atoms with Crippen LogP contribution in [0.2, 0.25) is 0 Å². The van der Waals surface area contributed by atoms with E-state index in [-0.39, 0.29) is 11.5 Å². The lowest BCUT2D eigenvalue weighted by molar-refractivity contribution is -0.384. The SMILES string of the molecule is [C-]#[N+]c1ncc(-c2ccccc2)cc1[N+](=O)[O-]. The van der Waals surface area contributed by atoms with Crippen molar-refractivity contribution >= 4 is 11.5 Å². The van der Waals surface area contributed by atoms with Crippen LogP contribution < -0.4 is 0 Å². The fourth-order valence-electron chi connectivity index (χ4n) is 1.45. The van der Waals surface area contributed by atoms with Gasteiger partial charge in [0.2, 0.25) is 0 Å². The molecule has 5 heteroatoms. The molecule has 1 heterocycles. The maximum atomic E-state index is 10.8. The van der Waals surface area contributed by atoms with Gasteiger partial charge in [-0.25, -0.2) is 0 Å². The molecule has 1 aromatic heterocycles. The maximum absolute atomic E-state index is 10.8. The lowest BCUT2D eigenvalue weighted by atomic mass is 10.1. The molecule has 2 rings (SSSR count). The van der Waals surface area contributed by atoms with Gasteiger partial charge in [0.1, 0.15) is 6.20 Å². The van der Waals surface area contributed by atoms with E-state index in [1.807, 2.05) is 30.3 Å². The van der Waals surface area contributed by atoms with E-state index in [9.17, 15) is 10.1 Å². The second-order valence-corrected chi connectivity index (χ2v) is 3.30. The summed E-state index contributed by atoms with van der Waals surface area (Å²) >= 11 is 0. The molecule has 0 aliphatic heterocycles. The Balaban J connectivity index is 2.56. The number of nitro groups is 1. The molecule has 2 aromatic rings. The minimum Gasteiger partial charge on any atom is -0.355 e. The van der Waals surface area contributed by atoms with Crippen LogP contribution >= 0.6 is 0 Å². The highest BCUT2D eigenvalue weighted by Crippen LogP contribution is 2.29. The first-order valence-electron chi connectivity index (χ1n) is 4.79. The summed E-state index contributed by atoms with van der Waals surface area (Å²) in [6, 6.07) is 10.6. The summed E-state index contributed by atoms with van der Waals surface area (Å²) in [7, 11) is 0. The molecule has 0 radical (unpaired) electrons. The van der Waals surface area contributed by atoms with E-state index in [1.54, 1.807) is 0 Å². The molecule has 1 aromatic carbocycles. The first-order chi connectivity index (χ1) is 8.22. The maximum Gasteiger partial charge on any atom is 0.348 e. The highest BCUT2D eigenvalue weighted by atomic mass is 16.6. The molecule has 0 unspecified atom stereocenters. The molecular weight excluding hydrogens is 218 g/mol. The molecule has 82 valence electrons. The molecule has 5 nitrogen and oxygen atoms in total. The number of benzene rings is 1. The average Bonchev–Trinajstić information content (AvgIpc) is 2.39. The normalized spacial score (nSPS) is 9.59. The Morgan fingerprint density at radius 3 is 2.53 bits per heavy atom. The predicted molar refractivity (Wildman–Crippen MR) is 62.6 cm³/mol. The molecule has 0 aliphatic carbocycles. The molecule has 0 aliphatic rings. The number of nitrogens with zero attached hydrogens (tertiary/aromatic N) is 3. The first kappa shape index (κ1) is 10.8. The van der Waals surface area contributed by atoms with Crippen molar-refractivity contribution in [1.29, 1.82) is 0 Å². The van der Waals surface area contributed by atoms with E-state index in [4.69, 9.17) is 6.57 Å². The van der Waals surface area contributed by atoms with E-state index in [1.165, 1.54) is 12.3 Å². The third-order valence-corrected chi connectivity index (χ3v) is 2.26. The fourth-order valence-corrected chi connectivity index (χ4v) is 1.45. The molecule has 0 bridgehead atoms. The van der Waals surface area contributed by atoms with Gasteiger partial charge in [-0.2, -0.15) is 0 Å². The van der Waals surface area contributed by atoms with Gasteiger partial charge < -0.3 is 4.85 Å². The quantitative estimate of drug-likeness (QED) is 0.448. The number of rotatable bonds is 2. The number of aromatic nitrogens is 1. The van der Waals surface area contributed by atoms with Gasteiger partial charge in [-0.3, -0.25) is 10.1 Å². The van der Waals surface area contributed by atoms with Crippen molar-refractivity contribution in [3.05, 3.63) is 64.1 Å². The Hall–Kier alpha value is -2.74. The number of hydrogen-bond acceptors (Lipinski definition) is 3. The van der Waals surface area contributed by atoms with Gasteiger partial charge in [0.25, 0.3) is 5.69 Å². The van der Waals surface area contributed by atoms with Crippen LogP contribution in [0.5, 0.6) is 0 Å². The highest BCUT2D eigenvalue weighted by molar-refractivity contribution is 5.70. The van der Waals surface area contributed by atoms with Gasteiger partial charge in [0, 0.05) is 11.6 Å². The second-order valence-electron chi connectivity index (χ2n) is 3.30. The van der Waals surface area contributed by atoms with Gasteiger partial charge in [0.05, 0.1) is 4.92 Å². The van der Waals surface area contributed by atoms with Crippen LogP contribution in [-0.2, 0) is 0 Å². The highest BCUT2D eigenvalue weighted by Gasteiger charge is 2.17. The zero-order valence-corrected chi connectivity index (χ0v) is 8.70. The summed E-state index contributed by atoms with van der Waals surface area (Å²) in [4.78, 5) is 17.0. The largest absolute Gasteiger partial charge is 0.355 e. The minimum atomic E-state index is -0.590. The van der Waals surface area contributed by atoms with Gasteiger partial charge >= 0.3 is 5.82 Å². The number of pyridine rings is 1. The Kier molecular flexibility index (Phi) is 2.79.